The van der Waals surface area contributed by atoms with Gasteiger partial charge >= 0.3 is 5.97 Å². The van der Waals surface area contributed by atoms with Gasteiger partial charge in [0.05, 0.1) is 25.4 Å². The summed E-state index contributed by atoms with van der Waals surface area (Å²) in [7, 11) is 1.33. The van der Waals surface area contributed by atoms with Crippen molar-refractivity contribution >= 4 is 16.9 Å². The zero-order chi connectivity index (χ0) is 12.5. The highest BCUT2D eigenvalue weighted by Crippen LogP contribution is 2.15. The number of ether oxygens (including phenoxy) is 1. The Labute approximate surface area is 99.2 Å². The maximum absolute atomic E-state index is 11.5. The minimum Gasteiger partial charge on any atom is -0.468 e. The maximum atomic E-state index is 11.5. The molecule has 0 saturated heterocycles. The number of rotatable bonds is 3. The predicted molar refractivity (Wildman–Crippen MR) is 64.3 cm³/mol. The molecule has 1 atom stereocenters. The van der Waals surface area contributed by atoms with Gasteiger partial charge in [0.15, 0.2) is 0 Å². The number of nitrogens with two attached hydrogens (primary N) is 1. The van der Waals surface area contributed by atoms with Crippen LogP contribution in [0.4, 0.5) is 0 Å². The largest absolute Gasteiger partial charge is 0.468 e. The molecule has 0 fully saturated rings. The van der Waals surface area contributed by atoms with E-state index >= 15 is 0 Å². The highest BCUT2D eigenvalue weighted by atomic mass is 16.5. The van der Waals surface area contributed by atoms with Gasteiger partial charge in [0, 0.05) is 5.39 Å². The van der Waals surface area contributed by atoms with Crippen molar-refractivity contribution in [3.05, 3.63) is 30.5 Å². The van der Waals surface area contributed by atoms with Gasteiger partial charge in [0.1, 0.15) is 5.54 Å². The SMILES string of the molecule is COC(=O)C(C)(N)Cn1ncc2ccccc21. The van der Waals surface area contributed by atoms with Crippen molar-refractivity contribution in [2.24, 2.45) is 5.73 Å². The van der Waals surface area contributed by atoms with Gasteiger partial charge < -0.3 is 10.5 Å². The third kappa shape index (κ3) is 2.14. The Morgan fingerprint density at radius 1 is 1.53 bits per heavy atom. The van der Waals surface area contributed by atoms with Crippen LogP contribution in [-0.4, -0.2) is 28.4 Å². The summed E-state index contributed by atoms with van der Waals surface area (Å²) >= 11 is 0. The third-order valence-electron chi connectivity index (χ3n) is 2.68. The smallest absolute Gasteiger partial charge is 0.327 e. The van der Waals surface area contributed by atoms with Crippen molar-refractivity contribution in [3.63, 3.8) is 0 Å². The summed E-state index contributed by atoms with van der Waals surface area (Å²) in [6, 6.07) is 7.77. The van der Waals surface area contributed by atoms with Crippen LogP contribution in [0.2, 0.25) is 0 Å². The molecular formula is C12H15N3O2. The Morgan fingerprint density at radius 3 is 2.94 bits per heavy atom. The molecule has 0 saturated carbocycles. The lowest BCUT2D eigenvalue weighted by atomic mass is 10.1. The lowest BCUT2D eigenvalue weighted by Gasteiger charge is -2.21. The second-order valence-corrected chi connectivity index (χ2v) is 4.27. The molecule has 1 unspecified atom stereocenters. The third-order valence-corrected chi connectivity index (χ3v) is 2.68. The van der Waals surface area contributed by atoms with Gasteiger partial charge in [-0.1, -0.05) is 18.2 Å². The van der Waals surface area contributed by atoms with Gasteiger partial charge in [0.25, 0.3) is 0 Å². The molecule has 2 aromatic rings. The molecule has 90 valence electrons. The van der Waals surface area contributed by atoms with Crippen molar-refractivity contribution in [3.8, 4) is 0 Å². The van der Waals surface area contributed by atoms with E-state index in [2.05, 4.69) is 9.84 Å². The van der Waals surface area contributed by atoms with E-state index in [0.717, 1.165) is 10.9 Å². The Kier molecular flexibility index (Phi) is 2.85. The zero-order valence-electron chi connectivity index (χ0n) is 9.88. The van der Waals surface area contributed by atoms with E-state index in [1.807, 2.05) is 24.3 Å². The van der Waals surface area contributed by atoms with Crippen LogP contribution in [-0.2, 0) is 16.1 Å². The van der Waals surface area contributed by atoms with Gasteiger partial charge in [-0.05, 0) is 13.0 Å². The summed E-state index contributed by atoms with van der Waals surface area (Å²) in [5.41, 5.74) is 5.79. The number of esters is 1. The molecular weight excluding hydrogens is 218 g/mol. The monoisotopic (exact) mass is 233 g/mol. The van der Waals surface area contributed by atoms with E-state index < -0.39 is 11.5 Å². The molecule has 1 heterocycles. The van der Waals surface area contributed by atoms with E-state index in [4.69, 9.17) is 5.73 Å². The van der Waals surface area contributed by atoms with Crippen LogP contribution in [0.25, 0.3) is 10.9 Å². The quantitative estimate of drug-likeness (QED) is 0.800. The minimum absolute atomic E-state index is 0.285. The lowest BCUT2D eigenvalue weighted by Crippen LogP contribution is -2.49. The van der Waals surface area contributed by atoms with Crippen molar-refractivity contribution in [2.75, 3.05) is 7.11 Å². The normalized spacial score (nSPS) is 14.5. The van der Waals surface area contributed by atoms with E-state index in [-0.39, 0.29) is 6.54 Å². The molecule has 5 nitrogen and oxygen atoms in total. The van der Waals surface area contributed by atoms with Crippen molar-refractivity contribution in [2.45, 2.75) is 19.0 Å². The number of benzene rings is 1. The Hall–Kier alpha value is -1.88. The van der Waals surface area contributed by atoms with E-state index in [1.165, 1.54) is 7.11 Å². The van der Waals surface area contributed by atoms with Crippen LogP contribution in [0.1, 0.15) is 6.92 Å². The lowest BCUT2D eigenvalue weighted by molar-refractivity contribution is -0.146. The molecule has 0 bridgehead atoms. The van der Waals surface area contributed by atoms with Crippen LogP contribution >= 0.6 is 0 Å². The molecule has 0 radical (unpaired) electrons. The van der Waals surface area contributed by atoms with Gasteiger partial charge in [0.2, 0.25) is 0 Å². The predicted octanol–water partition coefficient (Wildman–Crippen LogP) is 0.927. The van der Waals surface area contributed by atoms with E-state index in [1.54, 1.807) is 17.8 Å². The molecule has 1 aromatic carbocycles. The molecule has 0 spiro atoms. The summed E-state index contributed by atoms with van der Waals surface area (Å²) < 4.78 is 6.39. The van der Waals surface area contributed by atoms with Gasteiger partial charge in [-0.3, -0.25) is 9.48 Å². The summed E-state index contributed by atoms with van der Waals surface area (Å²) in [5.74, 6) is -0.447. The zero-order valence-corrected chi connectivity index (χ0v) is 9.88. The van der Waals surface area contributed by atoms with Crippen molar-refractivity contribution < 1.29 is 9.53 Å². The standard InChI is InChI=1S/C12H15N3O2/c1-12(13,11(16)17-2)8-15-10-6-4-3-5-9(10)7-14-15/h3-7H,8,13H2,1-2H3. The first-order chi connectivity index (χ1) is 8.04. The number of hydrogen-bond donors (Lipinski definition) is 1. The number of carbonyl (C=O) groups excluding carboxylic acids is 1. The maximum Gasteiger partial charge on any atom is 0.327 e. The van der Waals surface area contributed by atoms with E-state index in [0.29, 0.717) is 0 Å². The van der Waals surface area contributed by atoms with Crippen LogP contribution < -0.4 is 5.73 Å². The number of hydrogen-bond acceptors (Lipinski definition) is 4. The first-order valence-electron chi connectivity index (χ1n) is 5.32. The molecule has 5 heteroatoms. The van der Waals surface area contributed by atoms with Gasteiger partial charge in [-0.25, -0.2) is 0 Å². The second kappa shape index (κ2) is 4.18. The second-order valence-electron chi connectivity index (χ2n) is 4.27. The average molecular weight is 233 g/mol. The molecule has 0 aliphatic rings. The van der Waals surface area contributed by atoms with Crippen LogP contribution in [0.3, 0.4) is 0 Å². The first-order valence-corrected chi connectivity index (χ1v) is 5.32. The van der Waals surface area contributed by atoms with E-state index in [9.17, 15) is 4.79 Å². The van der Waals surface area contributed by atoms with Crippen molar-refractivity contribution in [1.29, 1.82) is 0 Å². The minimum atomic E-state index is -1.08. The summed E-state index contributed by atoms with van der Waals surface area (Å²) in [6.07, 6.45) is 1.75. The summed E-state index contributed by atoms with van der Waals surface area (Å²) in [6.45, 7) is 1.92. The molecule has 1 aromatic heterocycles. The fourth-order valence-corrected chi connectivity index (χ4v) is 1.76. The number of nitrogens with zero attached hydrogens (tertiary/aromatic N) is 2. The Bertz CT molecular complexity index is 545. The fraction of sp³-hybridized carbons (Fsp3) is 0.333. The van der Waals surface area contributed by atoms with Gasteiger partial charge in [-0.2, -0.15) is 5.10 Å². The summed E-state index contributed by atoms with van der Waals surface area (Å²) in [4.78, 5) is 11.5. The number of carbonyl (C=O) groups is 1. The molecule has 2 rings (SSSR count). The molecule has 17 heavy (non-hydrogen) atoms. The number of methoxy groups -OCH3 is 1. The molecule has 0 aliphatic heterocycles. The summed E-state index contributed by atoms with van der Waals surface area (Å²) in [5, 5.41) is 5.25. The van der Waals surface area contributed by atoms with Crippen molar-refractivity contribution in [1.82, 2.24) is 9.78 Å². The highest BCUT2D eigenvalue weighted by Gasteiger charge is 2.30. The molecule has 2 N–H and O–H groups in total. The average Bonchev–Trinajstić information content (AvgIpc) is 2.71. The van der Waals surface area contributed by atoms with Crippen LogP contribution in [0.15, 0.2) is 30.5 Å². The van der Waals surface area contributed by atoms with Crippen LogP contribution in [0, 0.1) is 0 Å². The fourth-order valence-electron chi connectivity index (χ4n) is 1.76. The number of para-hydroxylation sites is 1. The Balaban J connectivity index is 2.33. The van der Waals surface area contributed by atoms with Gasteiger partial charge in [-0.15, -0.1) is 0 Å². The molecule has 0 aliphatic carbocycles. The number of fused-ring (bicyclic) bond motifs is 1. The Morgan fingerprint density at radius 2 is 2.24 bits per heavy atom. The number of aromatic nitrogens is 2. The topological polar surface area (TPSA) is 70.1 Å². The highest BCUT2D eigenvalue weighted by molar-refractivity contribution is 5.81. The van der Waals surface area contributed by atoms with Crippen LogP contribution in [0.5, 0.6) is 0 Å². The molecule has 0 amide bonds. The first kappa shape index (κ1) is 11.6.